The first-order valence-electron chi connectivity index (χ1n) is 6.12. The van der Waals surface area contributed by atoms with Gasteiger partial charge >= 0.3 is 5.97 Å². The maximum Gasteiger partial charge on any atom is 0.312 e. The molecule has 1 aliphatic heterocycles. The molecule has 0 aromatic heterocycles. The van der Waals surface area contributed by atoms with Gasteiger partial charge in [0.25, 0.3) is 0 Å². The van der Waals surface area contributed by atoms with Crippen LogP contribution < -0.4 is 5.32 Å². The van der Waals surface area contributed by atoms with Gasteiger partial charge in [-0.05, 0) is 38.0 Å². The maximum absolute atomic E-state index is 11.3. The predicted molar refractivity (Wildman–Crippen MR) is 64.3 cm³/mol. The number of rotatable bonds is 4. The summed E-state index contributed by atoms with van der Waals surface area (Å²) < 4.78 is 10.4. The highest BCUT2D eigenvalue weighted by Crippen LogP contribution is 2.19. The highest BCUT2D eigenvalue weighted by Gasteiger charge is 2.19. The summed E-state index contributed by atoms with van der Waals surface area (Å²) in [6.07, 6.45) is 8.74. The van der Waals surface area contributed by atoms with Gasteiger partial charge in [0.1, 0.15) is 12.4 Å². The van der Waals surface area contributed by atoms with Crippen LogP contribution in [0, 0.1) is 5.92 Å². The number of carbonyl (C=O) groups is 1. The lowest BCUT2D eigenvalue weighted by Crippen LogP contribution is -2.26. The number of nitrogens with one attached hydrogen (secondary N) is 1. The Morgan fingerprint density at radius 3 is 3.06 bits per heavy atom. The van der Waals surface area contributed by atoms with E-state index in [4.69, 9.17) is 9.47 Å². The molecule has 0 amide bonds. The van der Waals surface area contributed by atoms with Gasteiger partial charge in [0.05, 0.1) is 13.0 Å². The molecule has 1 N–H and O–H groups in total. The third-order valence-corrected chi connectivity index (χ3v) is 3.18. The monoisotopic (exact) mass is 237 g/mol. The fraction of sp³-hybridized carbons (Fsp3) is 0.615. The van der Waals surface area contributed by atoms with Crippen molar-refractivity contribution in [3.05, 3.63) is 24.0 Å². The van der Waals surface area contributed by atoms with Crippen molar-refractivity contribution in [1.82, 2.24) is 5.32 Å². The van der Waals surface area contributed by atoms with Gasteiger partial charge in [0.15, 0.2) is 0 Å². The molecule has 4 heteroatoms. The van der Waals surface area contributed by atoms with Gasteiger partial charge in [-0.3, -0.25) is 4.79 Å². The third kappa shape index (κ3) is 3.33. The fourth-order valence-corrected chi connectivity index (χ4v) is 2.13. The Hall–Kier alpha value is -1.29. The van der Waals surface area contributed by atoms with Crippen molar-refractivity contribution < 1.29 is 14.3 Å². The summed E-state index contributed by atoms with van der Waals surface area (Å²) in [4.78, 5) is 11.3. The van der Waals surface area contributed by atoms with Crippen molar-refractivity contribution in [2.75, 3.05) is 20.3 Å². The van der Waals surface area contributed by atoms with Gasteiger partial charge in [-0.25, -0.2) is 0 Å². The Labute approximate surface area is 102 Å². The summed E-state index contributed by atoms with van der Waals surface area (Å²) in [7, 11) is 1.41. The van der Waals surface area contributed by atoms with E-state index in [1.807, 2.05) is 18.2 Å². The van der Waals surface area contributed by atoms with Crippen LogP contribution in [0.15, 0.2) is 24.0 Å². The zero-order chi connectivity index (χ0) is 12.1. The van der Waals surface area contributed by atoms with E-state index >= 15 is 0 Å². The van der Waals surface area contributed by atoms with E-state index in [1.54, 1.807) is 0 Å². The van der Waals surface area contributed by atoms with Crippen LogP contribution in [0.4, 0.5) is 0 Å². The van der Waals surface area contributed by atoms with Crippen LogP contribution in [-0.4, -0.2) is 32.3 Å². The van der Waals surface area contributed by atoms with Crippen LogP contribution in [0.3, 0.4) is 0 Å². The minimum Gasteiger partial charge on any atom is -0.492 e. The lowest BCUT2D eigenvalue weighted by atomic mass is 10.0. The lowest BCUT2D eigenvalue weighted by Gasteiger charge is -2.17. The Kier molecular flexibility index (Phi) is 4.20. The Bertz CT molecular complexity index is 330. The van der Waals surface area contributed by atoms with Gasteiger partial charge in [-0.15, -0.1) is 0 Å². The second-order valence-electron chi connectivity index (χ2n) is 4.44. The smallest absolute Gasteiger partial charge is 0.312 e. The molecule has 2 aliphatic rings. The normalized spacial score (nSPS) is 27.7. The number of methoxy groups -OCH3 is 1. The standard InChI is InChI=1S/C13H19NO3/c1-16-13(15)10-4-6-12(7-5-10)17-9-11-3-2-8-14-11/h4,6-7,10-11,14H,2-3,5,8-9H2,1H3. The number of carbonyl (C=O) groups excluding carboxylic acids is 1. The highest BCUT2D eigenvalue weighted by molar-refractivity contribution is 5.75. The molecule has 2 atom stereocenters. The average Bonchev–Trinajstić information content (AvgIpc) is 2.89. The van der Waals surface area contributed by atoms with Crippen molar-refractivity contribution in [3.8, 4) is 0 Å². The Morgan fingerprint density at radius 1 is 1.59 bits per heavy atom. The molecule has 0 spiro atoms. The predicted octanol–water partition coefficient (Wildman–Crippen LogP) is 1.39. The van der Waals surface area contributed by atoms with Crippen LogP contribution in [-0.2, 0) is 14.3 Å². The summed E-state index contributed by atoms with van der Waals surface area (Å²) >= 11 is 0. The topological polar surface area (TPSA) is 47.6 Å². The second kappa shape index (κ2) is 5.87. The molecule has 1 saturated heterocycles. The molecule has 0 bridgehead atoms. The molecule has 1 aliphatic carbocycles. The van der Waals surface area contributed by atoms with Crippen LogP contribution in [0.5, 0.6) is 0 Å². The molecule has 2 unspecified atom stereocenters. The fourth-order valence-electron chi connectivity index (χ4n) is 2.13. The first-order valence-corrected chi connectivity index (χ1v) is 6.12. The summed E-state index contributed by atoms with van der Waals surface area (Å²) in [5, 5.41) is 3.38. The summed E-state index contributed by atoms with van der Waals surface area (Å²) in [5.74, 6) is 0.518. The first kappa shape index (κ1) is 12.2. The van der Waals surface area contributed by atoms with Gasteiger partial charge in [0.2, 0.25) is 0 Å². The first-order chi connectivity index (χ1) is 8.29. The number of hydrogen-bond acceptors (Lipinski definition) is 4. The largest absolute Gasteiger partial charge is 0.492 e. The molecule has 1 fully saturated rings. The third-order valence-electron chi connectivity index (χ3n) is 3.18. The molecule has 1 heterocycles. The van der Waals surface area contributed by atoms with E-state index in [-0.39, 0.29) is 11.9 Å². The van der Waals surface area contributed by atoms with Crippen molar-refractivity contribution in [3.63, 3.8) is 0 Å². The van der Waals surface area contributed by atoms with Gasteiger partial charge in [0, 0.05) is 6.04 Å². The van der Waals surface area contributed by atoms with E-state index in [2.05, 4.69) is 5.32 Å². The van der Waals surface area contributed by atoms with E-state index in [0.717, 1.165) is 12.3 Å². The maximum atomic E-state index is 11.3. The van der Waals surface area contributed by atoms with Crippen molar-refractivity contribution >= 4 is 5.97 Å². The minimum absolute atomic E-state index is 0.156. The van der Waals surface area contributed by atoms with Gasteiger partial charge < -0.3 is 14.8 Å². The zero-order valence-electron chi connectivity index (χ0n) is 10.1. The van der Waals surface area contributed by atoms with Crippen LogP contribution >= 0.6 is 0 Å². The molecule has 94 valence electrons. The molecule has 2 rings (SSSR count). The summed E-state index contributed by atoms with van der Waals surface area (Å²) in [5.41, 5.74) is 0. The Morgan fingerprint density at radius 2 is 2.47 bits per heavy atom. The highest BCUT2D eigenvalue weighted by atomic mass is 16.5. The average molecular weight is 237 g/mol. The molecule has 0 aromatic carbocycles. The molecular formula is C13H19NO3. The number of hydrogen-bond donors (Lipinski definition) is 1. The number of allylic oxidation sites excluding steroid dienone is 2. The van der Waals surface area contributed by atoms with Crippen molar-refractivity contribution in [1.29, 1.82) is 0 Å². The van der Waals surface area contributed by atoms with Crippen LogP contribution in [0.1, 0.15) is 19.3 Å². The van der Waals surface area contributed by atoms with Gasteiger partial charge in [-0.1, -0.05) is 6.08 Å². The van der Waals surface area contributed by atoms with E-state index in [1.165, 1.54) is 20.0 Å². The SMILES string of the molecule is COC(=O)C1C=CC(OCC2CCCN2)=CC1. The van der Waals surface area contributed by atoms with Crippen LogP contribution in [0.25, 0.3) is 0 Å². The molecule has 0 radical (unpaired) electrons. The Balaban J connectivity index is 1.75. The van der Waals surface area contributed by atoms with Gasteiger partial charge in [-0.2, -0.15) is 0 Å². The molecular weight excluding hydrogens is 218 g/mol. The minimum atomic E-state index is -0.186. The molecule has 0 aromatic rings. The van der Waals surface area contributed by atoms with E-state index < -0.39 is 0 Å². The molecule has 17 heavy (non-hydrogen) atoms. The van der Waals surface area contributed by atoms with Crippen LogP contribution in [0.2, 0.25) is 0 Å². The summed E-state index contributed by atoms with van der Waals surface area (Å²) in [6.45, 7) is 1.80. The molecule has 0 saturated carbocycles. The zero-order valence-corrected chi connectivity index (χ0v) is 10.1. The lowest BCUT2D eigenvalue weighted by molar-refractivity contribution is -0.143. The second-order valence-corrected chi connectivity index (χ2v) is 4.44. The molecule has 4 nitrogen and oxygen atoms in total. The van der Waals surface area contributed by atoms with E-state index in [0.29, 0.717) is 19.1 Å². The number of esters is 1. The number of ether oxygens (including phenoxy) is 2. The summed E-state index contributed by atoms with van der Waals surface area (Å²) in [6, 6.07) is 0.475. The van der Waals surface area contributed by atoms with Crippen molar-refractivity contribution in [2.24, 2.45) is 5.92 Å². The van der Waals surface area contributed by atoms with Crippen molar-refractivity contribution in [2.45, 2.75) is 25.3 Å². The van der Waals surface area contributed by atoms with E-state index in [9.17, 15) is 4.79 Å². The quantitative estimate of drug-likeness (QED) is 0.751.